The van der Waals surface area contributed by atoms with Crippen LogP contribution in [0.5, 0.6) is 0 Å². The molecule has 4 heteroatoms. The van der Waals surface area contributed by atoms with Crippen molar-refractivity contribution in [1.82, 2.24) is 0 Å². The third-order valence-corrected chi connectivity index (χ3v) is 3.19. The Hall–Kier alpha value is -0.940. The lowest BCUT2D eigenvalue weighted by molar-refractivity contribution is 0.238. The molecule has 0 aliphatic heterocycles. The molecule has 4 nitrogen and oxygen atoms in total. The lowest BCUT2D eigenvalue weighted by atomic mass is 9.88. The van der Waals surface area contributed by atoms with Gasteiger partial charge in [0.1, 0.15) is 0 Å². The maximum Gasteiger partial charge on any atom is 0.0689 e. The van der Waals surface area contributed by atoms with Gasteiger partial charge in [-0.15, -0.1) is 0 Å². The van der Waals surface area contributed by atoms with Crippen molar-refractivity contribution < 1.29 is 20.4 Å². The topological polar surface area (TPSA) is 80.9 Å². The van der Waals surface area contributed by atoms with E-state index in [1.54, 1.807) is 0 Å². The SMILES string of the molecule is Cc1c(C)c(CO)c(CO)c(CO)c1CO. The summed E-state index contributed by atoms with van der Waals surface area (Å²) in [4.78, 5) is 0. The Morgan fingerprint density at radius 3 is 1.00 bits per heavy atom. The Morgan fingerprint density at radius 1 is 0.562 bits per heavy atom. The second-order valence-corrected chi connectivity index (χ2v) is 3.80. The van der Waals surface area contributed by atoms with Gasteiger partial charge in [0, 0.05) is 0 Å². The number of benzene rings is 1. The average Bonchev–Trinajstić information content (AvgIpc) is 2.31. The van der Waals surface area contributed by atoms with E-state index in [2.05, 4.69) is 0 Å². The highest BCUT2D eigenvalue weighted by molar-refractivity contribution is 5.50. The van der Waals surface area contributed by atoms with Crippen molar-refractivity contribution in [3.8, 4) is 0 Å². The minimum absolute atomic E-state index is 0.179. The van der Waals surface area contributed by atoms with Gasteiger partial charge in [0.2, 0.25) is 0 Å². The predicted octanol–water partition coefficient (Wildman–Crippen LogP) is 0.273. The first-order chi connectivity index (χ1) is 7.62. The molecule has 0 unspecified atom stereocenters. The molecule has 0 saturated carbocycles. The summed E-state index contributed by atoms with van der Waals surface area (Å²) in [6.45, 7) is 2.81. The van der Waals surface area contributed by atoms with Gasteiger partial charge in [-0.2, -0.15) is 0 Å². The third-order valence-electron chi connectivity index (χ3n) is 3.19. The Morgan fingerprint density at radius 2 is 0.812 bits per heavy atom. The molecule has 4 N–H and O–H groups in total. The molecule has 0 aromatic heterocycles. The quantitative estimate of drug-likeness (QED) is 0.594. The van der Waals surface area contributed by atoms with E-state index in [9.17, 15) is 20.4 Å². The standard InChI is InChI=1S/C12H18O4/c1-7-8(2)10(4-14)12(6-16)11(5-15)9(7)3-13/h13-16H,3-6H2,1-2H3. The van der Waals surface area contributed by atoms with Crippen molar-refractivity contribution in [2.75, 3.05) is 0 Å². The second-order valence-electron chi connectivity index (χ2n) is 3.80. The lowest BCUT2D eigenvalue weighted by Gasteiger charge is -2.20. The molecule has 0 atom stereocenters. The van der Waals surface area contributed by atoms with Crippen LogP contribution >= 0.6 is 0 Å². The lowest BCUT2D eigenvalue weighted by Crippen LogP contribution is -2.10. The highest BCUT2D eigenvalue weighted by Crippen LogP contribution is 2.28. The number of aliphatic hydroxyl groups excluding tert-OH is 4. The van der Waals surface area contributed by atoms with E-state index in [-0.39, 0.29) is 26.4 Å². The molecule has 1 aromatic rings. The van der Waals surface area contributed by atoms with E-state index in [0.29, 0.717) is 22.3 Å². The van der Waals surface area contributed by atoms with Crippen LogP contribution in [-0.4, -0.2) is 20.4 Å². The van der Waals surface area contributed by atoms with E-state index in [1.165, 1.54) is 0 Å². The van der Waals surface area contributed by atoms with Crippen LogP contribution in [0.3, 0.4) is 0 Å². The number of aliphatic hydroxyl groups is 4. The Balaban J connectivity index is 3.61. The van der Waals surface area contributed by atoms with Crippen LogP contribution in [0.25, 0.3) is 0 Å². The maximum absolute atomic E-state index is 9.29. The van der Waals surface area contributed by atoms with Crippen molar-refractivity contribution >= 4 is 0 Å². The summed E-state index contributed by atoms with van der Waals surface area (Å²) in [5, 5.41) is 37.2. The van der Waals surface area contributed by atoms with Crippen LogP contribution in [0.4, 0.5) is 0 Å². The van der Waals surface area contributed by atoms with Gasteiger partial charge in [-0.25, -0.2) is 0 Å². The fraction of sp³-hybridized carbons (Fsp3) is 0.500. The first-order valence-corrected chi connectivity index (χ1v) is 5.18. The van der Waals surface area contributed by atoms with Crippen molar-refractivity contribution in [1.29, 1.82) is 0 Å². The van der Waals surface area contributed by atoms with Gasteiger partial charge >= 0.3 is 0 Å². The first-order valence-electron chi connectivity index (χ1n) is 5.18. The van der Waals surface area contributed by atoms with Crippen LogP contribution in [0, 0.1) is 13.8 Å². The summed E-state index contributed by atoms with van der Waals surface area (Å²) in [5.74, 6) is 0. The summed E-state index contributed by atoms with van der Waals surface area (Å²) in [7, 11) is 0. The summed E-state index contributed by atoms with van der Waals surface area (Å²) in [5.41, 5.74) is 4.04. The summed E-state index contributed by atoms with van der Waals surface area (Å²) >= 11 is 0. The van der Waals surface area contributed by atoms with Crippen LogP contribution in [-0.2, 0) is 26.4 Å². The summed E-state index contributed by atoms with van der Waals surface area (Å²) in [6.07, 6.45) is 0. The predicted molar refractivity (Wildman–Crippen MR) is 59.6 cm³/mol. The van der Waals surface area contributed by atoms with Crippen LogP contribution in [0.2, 0.25) is 0 Å². The molecule has 0 aliphatic carbocycles. The highest BCUT2D eigenvalue weighted by Gasteiger charge is 2.17. The summed E-state index contributed by atoms with van der Waals surface area (Å²) in [6, 6.07) is 0. The van der Waals surface area contributed by atoms with Crippen molar-refractivity contribution in [2.45, 2.75) is 40.3 Å². The molecule has 0 fully saturated rings. The van der Waals surface area contributed by atoms with Crippen molar-refractivity contribution in [3.05, 3.63) is 33.4 Å². The molecule has 0 bridgehead atoms. The molecule has 90 valence electrons. The molecule has 0 amide bonds. The van der Waals surface area contributed by atoms with E-state index in [4.69, 9.17) is 0 Å². The van der Waals surface area contributed by atoms with Crippen molar-refractivity contribution in [3.63, 3.8) is 0 Å². The Labute approximate surface area is 94.8 Å². The van der Waals surface area contributed by atoms with Crippen molar-refractivity contribution in [2.24, 2.45) is 0 Å². The van der Waals surface area contributed by atoms with E-state index in [1.807, 2.05) is 13.8 Å². The molecule has 0 radical (unpaired) electrons. The zero-order chi connectivity index (χ0) is 12.3. The second kappa shape index (κ2) is 5.41. The third kappa shape index (κ3) is 1.97. The van der Waals surface area contributed by atoms with Crippen LogP contribution < -0.4 is 0 Å². The number of hydrogen-bond donors (Lipinski definition) is 4. The van der Waals surface area contributed by atoms with Crippen LogP contribution in [0.15, 0.2) is 0 Å². The van der Waals surface area contributed by atoms with Gasteiger partial charge in [0.05, 0.1) is 26.4 Å². The normalized spacial score (nSPS) is 10.9. The molecule has 0 saturated heterocycles. The minimum atomic E-state index is -0.250. The zero-order valence-electron chi connectivity index (χ0n) is 9.62. The van der Waals surface area contributed by atoms with Gasteiger partial charge in [0.25, 0.3) is 0 Å². The van der Waals surface area contributed by atoms with Crippen LogP contribution in [0.1, 0.15) is 33.4 Å². The molecule has 1 rings (SSSR count). The number of rotatable bonds is 4. The molecule has 16 heavy (non-hydrogen) atoms. The van der Waals surface area contributed by atoms with Gasteiger partial charge in [0.15, 0.2) is 0 Å². The van der Waals surface area contributed by atoms with E-state index < -0.39 is 0 Å². The Bertz CT molecular complexity index is 348. The van der Waals surface area contributed by atoms with Gasteiger partial charge in [-0.1, -0.05) is 0 Å². The smallest absolute Gasteiger partial charge is 0.0689 e. The van der Waals surface area contributed by atoms with Gasteiger partial charge < -0.3 is 20.4 Å². The molecule has 0 spiro atoms. The fourth-order valence-corrected chi connectivity index (χ4v) is 2.08. The first kappa shape index (κ1) is 13.1. The highest BCUT2D eigenvalue weighted by atomic mass is 16.3. The largest absolute Gasteiger partial charge is 0.392 e. The molecule has 0 aliphatic rings. The monoisotopic (exact) mass is 226 g/mol. The molecule has 0 heterocycles. The maximum atomic E-state index is 9.29. The molecular formula is C12H18O4. The summed E-state index contributed by atoms with van der Waals surface area (Å²) < 4.78 is 0. The van der Waals surface area contributed by atoms with Gasteiger partial charge in [-0.3, -0.25) is 0 Å². The fourth-order valence-electron chi connectivity index (χ4n) is 2.08. The Kier molecular flexibility index (Phi) is 4.44. The molecular weight excluding hydrogens is 208 g/mol. The average molecular weight is 226 g/mol. The van der Waals surface area contributed by atoms with Gasteiger partial charge in [-0.05, 0) is 47.2 Å². The molecule has 1 aromatic carbocycles. The van der Waals surface area contributed by atoms with E-state index >= 15 is 0 Å². The zero-order valence-corrected chi connectivity index (χ0v) is 9.62. The number of hydrogen-bond acceptors (Lipinski definition) is 4. The minimum Gasteiger partial charge on any atom is -0.392 e. The van der Waals surface area contributed by atoms with E-state index in [0.717, 1.165) is 11.1 Å².